The zero-order valence-electron chi connectivity index (χ0n) is 33.9. The Morgan fingerprint density at radius 1 is 1.07 bits per heavy atom. The Bertz CT molecular complexity index is 2270. The molecule has 4 atom stereocenters. The van der Waals surface area contributed by atoms with E-state index in [0.717, 1.165) is 13.0 Å². The largest absolute Gasteiger partial charge is 0.461 e. The van der Waals surface area contributed by atoms with Gasteiger partial charge in [-0.15, -0.1) is 0 Å². The first-order valence-corrected chi connectivity index (χ1v) is 20.3. The second kappa shape index (κ2) is 17.1. The molecule has 2 aromatic heterocycles. The molecule has 2 amide bonds. The first-order valence-electron chi connectivity index (χ1n) is 20.3. The van der Waals surface area contributed by atoms with Gasteiger partial charge >= 0.3 is 18.2 Å². The van der Waals surface area contributed by atoms with Gasteiger partial charge in [-0.25, -0.2) is 27.2 Å². The fraction of sp³-hybridized carbons (Fsp3) is 0.548. The lowest BCUT2D eigenvalue weighted by atomic mass is 9.90. The molecule has 3 saturated heterocycles. The molecule has 0 spiro atoms. The van der Waals surface area contributed by atoms with E-state index < -0.39 is 47.2 Å². The van der Waals surface area contributed by atoms with Gasteiger partial charge < -0.3 is 38.8 Å². The number of hydrogen-bond acceptors (Lipinski definition) is 12. The molecule has 6 bridgehead atoms. The van der Waals surface area contributed by atoms with E-state index in [-0.39, 0.29) is 125 Å². The number of fused-ring (bicyclic) bond motifs is 7. The number of pyridine rings is 1. The first-order chi connectivity index (χ1) is 28.9. The predicted molar refractivity (Wildman–Crippen MR) is 215 cm³/mol. The van der Waals surface area contributed by atoms with E-state index in [2.05, 4.69) is 20.2 Å². The molecule has 4 aromatic rings. The molecule has 14 nitrogen and oxygen atoms in total. The van der Waals surface area contributed by atoms with Crippen LogP contribution in [-0.4, -0.2) is 140 Å². The first kappa shape index (κ1) is 41.7. The molecule has 18 heteroatoms. The maximum Gasteiger partial charge on any atom is 0.415 e. The molecule has 0 saturated carbocycles. The monoisotopic (exact) mass is 841 g/mol. The molecule has 0 radical (unpaired) electrons. The topological polar surface area (TPSA) is 141 Å². The highest BCUT2D eigenvalue weighted by Gasteiger charge is 2.49. The van der Waals surface area contributed by atoms with Gasteiger partial charge in [-0.05, 0) is 73.7 Å². The Labute approximate surface area is 345 Å². The molecule has 0 aliphatic carbocycles. The van der Waals surface area contributed by atoms with Gasteiger partial charge in [0.05, 0.1) is 42.8 Å². The summed E-state index contributed by atoms with van der Waals surface area (Å²) < 4.78 is 92.0. The van der Waals surface area contributed by atoms with Crippen molar-refractivity contribution in [3.8, 4) is 23.0 Å². The quantitative estimate of drug-likeness (QED) is 0.177. The average molecular weight is 842 g/mol. The van der Waals surface area contributed by atoms with Crippen LogP contribution in [0.4, 0.5) is 33.0 Å². The van der Waals surface area contributed by atoms with Crippen LogP contribution < -0.4 is 19.7 Å². The number of benzene rings is 2. The molecule has 7 heterocycles. The number of carbonyl (C=O) groups is 2. The Balaban J connectivity index is 0.00000561. The summed E-state index contributed by atoms with van der Waals surface area (Å²) in [6.07, 6.45) is -0.504. The highest BCUT2D eigenvalue weighted by atomic mass is 19.1. The van der Waals surface area contributed by atoms with Crippen molar-refractivity contribution in [2.24, 2.45) is 0 Å². The van der Waals surface area contributed by atoms with Gasteiger partial charge in [-0.2, -0.15) is 9.97 Å². The fourth-order valence-electron chi connectivity index (χ4n) is 9.29. The van der Waals surface area contributed by atoms with Crippen molar-refractivity contribution in [1.29, 1.82) is 0 Å². The minimum absolute atomic E-state index is 0. The van der Waals surface area contributed by atoms with Crippen LogP contribution in [0.3, 0.4) is 0 Å². The van der Waals surface area contributed by atoms with Crippen LogP contribution >= 0.6 is 0 Å². The van der Waals surface area contributed by atoms with E-state index in [1.165, 1.54) is 43.5 Å². The van der Waals surface area contributed by atoms with Crippen LogP contribution in [0.2, 0.25) is 0 Å². The lowest BCUT2D eigenvalue weighted by Gasteiger charge is -2.42. The van der Waals surface area contributed by atoms with E-state index in [4.69, 9.17) is 28.7 Å². The number of methoxy groups -OCH3 is 2. The lowest BCUT2D eigenvalue weighted by Crippen LogP contribution is -2.60. The highest BCUT2D eigenvalue weighted by Crippen LogP contribution is 2.43. The molecule has 0 unspecified atom stereocenters. The van der Waals surface area contributed by atoms with Crippen LogP contribution in [0, 0.1) is 11.6 Å². The molecule has 60 heavy (non-hydrogen) atoms. The van der Waals surface area contributed by atoms with Gasteiger partial charge in [0.25, 0.3) is 0 Å². The minimum atomic E-state index is -1.43. The van der Waals surface area contributed by atoms with Crippen molar-refractivity contribution < 1.29 is 52.3 Å². The summed E-state index contributed by atoms with van der Waals surface area (Å²) in [5.74, 6) is -1.36. The number of nitrogens with zero attached hydrogens (tertiary/aromatic N) is 6. The second-order valence-corrected chi connectivity index (χ2v) is 16.4. The SMILES string of the molecule is COCCN(CCOC)C(=O)Oc1cc2c3c(c(F)ccc3c1)CCCOC(=O)N[C@]1(C)C[C@@H](F)CN(C1)c1nc(OC[C@@]34CCCN3C[C@H](F)C4)nc3c(F)c-2ncc13.[HH]. The third kappa shape index (κ3) is 8.33. The molecular formula is C42H51F4N7O7. The zero-order valence-corrected chi connectivity index (χ0v) is 33.9. The average Bonchev–Trinajstić information content (AvgIpc) is 3.74. The van der Waals surface area contributed by atoms with E-state index in [0.29, 0.717) is 23.7 Å². The number of halogens is 4. The van der Waals surface area contributed by atoms with E-state index >= 15 is 13.2 Å². The number of piperidine rings is 1. The zero-order chi connectivity index (χ0) is 42.2. The van der Waals surface area contributed by atoms with Crippen LogP contribution in [0.1, 0.15) is 46.0 Å². The van der Waals surface area contributed by atoms with Crippen LogP contribution in [0.25, 0.3) is 32.9 Å². The molecule has 3 fully saturated rings. The van der Waals surface area contributed by atoms with Crippen molar-refractivity contribution in [3.05, 3.63) is 47.7 Å². The highest BCUT2D eigenvalue weighted by molar-refractivity contribution is 6.02. The lowest BCUT2D eigenvalue weighted by molar-refractivity contribution is 0.102. The van der Waals surface area contributed by atoms with Crippen molar-refractivity contribution in [2.75, 3.05) is 84.8 Å². The Kier molecular flexibility index (Phi) is 11.9. The van der Waals surface area contributed by atoms with Crippen LogP contribution in [-0.2, 0) is 20.6 Å². The summed E-state index contributed by atoms with van der Waals surface area (Å²) in [6, 6.07) is 5.53. The second-order valence-electron chi connectivity index (χ2n) is 16.4. The van der Waals surface area contributed by atoms with E-state index in [1.54, 1.807) is 17.9 Å². The van der Waals surface area contributed by atoms with Crippen molar-refractivity contribution in [2.45, 2.75) is 68.9 Å². The molecule has 5 aliphatic heterocycles. The third-order valence-electron chi connectivity index (χ3n) is 12.0. The summed E-state index contributed by atoms with van der Waals surface area (Å²) in [5, 5.41) is 3.65. The summed E-state index contributed by atoms with van der Waals surface area (Å²) in [7, 11) is 3.02. The number of hydrogen-bond donors (Lipinski definition) is 1. The van der Waals surface area contributed by atoms with Gasteiger partial charge in [0.1, 0.15) is 47.5 Å². The van der Waals surface area contributed by atoms with E-state index in [9.17, 15) is 14.0 Å². The number of alkyl halides is 2. The number of amides is 2. The van der Waals surface area contributed by atoms with Crippen molar-refractivity contribution in [3.63, 3.8) is 0 Å². The summed E-state index contributed by atoms with van der Waals surface area (Å²) >= 11 is 0. The Hall–Kier alpha value is -5.07. The number of carbonyl (C=O) groups excluding carboxylic acids is 2. The minimum Gasteiger partial charge on any atom is -0.461 e. The maximum absolute atomic E-state index is 17.6. The molecule has 5 aliphatic rings. The van der Waals surface area contributed by atoms with Crippen molar-refractivity contribution in [1.82, 2.24) is 30.1 Å². The smallest absolute Gasteiger partial charge is 0.415 e. The molecule has 324 valence electrons. The Morgan fingerprint density at radius 2 is 1.85 bits per heavy atom. The van der Waals surface area contributed by atoms with Crippen LogP contribution in [0.5, 0.6) is 11.8 Å². The number of nitrogens with one attached hydrogen (secondary N) is 1. The summed E-state index contributed by atoms with van der Waals surface area (Å²) in [6.45, 7) is 3.44. The standard InChI is InChI=1S/C42H49F4N7O7.H2/c1-41-18-26(43)21-52(23-41)37-31-20-47-35(34(46)36(31)48-38(49-37)59-24-42-9-5-10-53(42)22-27(44)19-42)30-17-28(60-40(55)51(11-14-56-2)12-15-57-3)16-25-7-8-32(45)29(33(25)30)6-4-13-58-39(54)50-41;/h7-8,16-17,20,26-27H,4-6,9-15,18-19,21-24H2,1-3H3,(H,50,54);1H/t26-,27-,41-,42+;/m1./s1. The number of rotatable bonds is 10. The Morgan fingerprint density at radius 3 is 2.63 bits per heavy atom. The number of aromatic nitrogens is 3. The molecular weight excluding hydrogens is 790 g/mol. The van der Waals surface area contributed by atoms with Crippen molar-refractivity contribution >= 4 is 39.7 Å². The van der Waals surface area contributed by atoms with Gasteiger partial charge in [0.2, 0.25) is 0 Å². The summed E-state index contributed by atoms with van der Waals surface area (Å²) in [4.78, 5) is 45.6. The van der Waals surface area contributed by atoms with Crippen LogP contribution in [0.15, 0.2) is 30.5 Å². The van der Waals surface area contributed by atoms with Gasteiger partial charge in [0, 0.05) is 66.4 Å². The number of alkyl carbamates (subject to hydrolysis) is 1. The molecule has 9 rings (SSSR count). The van der Waals surface area contributed by atoms with E-state index in [1.807, 2.05) is 0 Å². The number of aryl methyl sites for hydroxylation is 1. The molecule has 2 aromatic carbocycles. The number of ether oxygens (including phenoxy) is 5. The fourth-order valence-corrected chi connectivity index (χ4v) is 9.29. The van der Waals surface area contributed by atoms with Gasteiger partial charge in [-0.1, -0.05) is 6.07 Å². The summed E-state index contributed by atoms with van der Waals surface area (Å²) in [5.41, 5.74) is -1.87. The third-order valence-corrected chi connectivity index (χ3v) is 12.0. The molecule has 1 N–H and O–H groups in total. The predicted octanol–water partition coefficient (Wildman–Crippen LogP) is 6.40. The van der Waals surface area contributed by atoms with Gasteiger partial charge in [0.15, 0.2) is 5.82 Å². The maximum atomic E-state index is 17.6. The normalized spacial score (nSPS) is 24.4. The number of anilines is 1. The van der Waals surface area contributed by atoms with Gasteiger partial charge in [-0.3, -0.25) is 9.88 Å².